The number of hydrogen-bond donors (Lipinski definition) is 1. The molecule has 4 heterocycles. The highest BCUT2D eigenvalue weighted by Crippen LogP contribution is 2.34. The van der Waals surface area contributed by atoms with Crippen LogP contribution in [0.5, 0.6) is 0 Å². The molecule has 3 fully saturated rings. The Kier molecular flexibility index (Phi) is 6.61. The molecule has 3 saturated heterocycles. The molecule has 3 aliphatic heterocycles. The number of carbonyl (C=O) groups excluding carboxylic acids is 1. The van der Waals surface area contributed by atoms with Gasteiger partial charge in [0.05, 0.1) is 11.9 Å². The van der Waals surface area contributed by atoms with Crippen molar-refractivity contribution in [2.75, 3.05) is 37.7 Å². The molecule has 10 heteroatoms. The second-order valence-corrected chi connectivity index (χ2v) is 7.51. The molecule has 0 aliphatic carbocycles. The second-order valence-electron chi connectivity index (χ2n) is 7.51. The Labute approximate surface area is 166 Å². The molecule has 1 aromatic heterocycles. The number of piperidine rings is 1. The van der Waals surface area contributed by atoms with E-state index in [0.29, 0.717) is 11.8 Å². The Bertz CT molecular complexity index is 710. The van der Waals surface area contributed by atoms with Gasteiger partial charge in [0.1, 0.15) is 6.10 Å². The molecule has 0 spiro atoms. The van der Waals surface area contributed by atoms with Crippen LogP contribution in [0.15, 0.2) is 24.5 Å². The smallest absolute Gasteiger partial charge is 0.475 e. The van der Waals surface area contributed by atoms with Gasteiger partial charge in [0.25, 0.3) is 5.91 Å². The number of carbonyl (C=O) groups is 2. The predicted molar refractivity (Wildman–Crippen MR) is 97.3 cm³/mol. The lowest BCUT2D eigenvalue weighted by Crippen LogP contribution is -2.40. The first-order valence-corrected chi connectivity index (χ1v) is 9.61. The fourth-order valence-electron chi connectivity index (χ4n) is 4.10. The van der Waals surface area contributed by atoms with Crippen LogP contribution in [0.2, 0.25) is 0 Å². The highest BCUT2D eigenvalue weighted by Gasteiger charge is 2.41. The van der Waals surface area contributed by atoms with Crippen molar-refractivity contribution < 1.29 is 32.6 Å². The molecule has 1 unspecified atom stereocenters. The first-order valence-electron chi connectivity index (χ1n) is 9.61. The molecule has 1 N–H and O–H groups in total. The van der Waals surface area contributed by atoms with Gasteiger partial charge >= 0.3 is 12.1 Å². The van der Waals surface area contributed by atoms with E-state index in [9.17, 15) is 18.0 Å². The fourth-order valence-corrected chi connectivity index (χ4v) is 4.10. The summed E-state index contributed by atoms with van der Waals surface area (Å²) in [5, 5.41) is 7.12. The normalized spacial score (nSPS) is 26.5. The van der Waals surface area contributed by atoms with Crippen LogP contribution >= 0.6 is 0 Å². The molecule has 0 radical (unpaired) electrons. The summed E-state index contributed by atoms with van der Waals surface area (Å²) >= 11 is 0. The molecule has 1 aromatic rings. The number of ether oxygens (including phenoxy) is 1. The summed E-state index contributed by atoms with van der Waals surface area (Å²) < 4.78 is 37.3. The van der Waals surface area contributed by atoms with Crippen LogP contribution in [-0.2, 0) is 14.3 Å². The van der Waals surface area contributed by atoms with Gasteiger partial charge in [-0.2, -0.15) is 13.2 Å². The monoisotopic (exact) mass is 415 g/mol. The molecule has 4 rings (SSSR count). The molecule has 29 heavy (non-hydrogen) atoms. The third-order valence-corrected chi connectivity index (χ3v) is 5.57. The minimum absolute atomic E-state index is 0.172. The van der Waals surface area contributed by atoms with E-state index >= 15 is 0 Å². The van der Waals surface area contributed by atoms with Gasteiger partial charge in [-0.15, -0.1) is 0 Å². The van der Waals surface area contributed by atoms with Crippen LogP contribution in [0.3, 0.4) is 0 Å². The lowest BCUT2D eigenvalue weighted by atomic mass is 9.88. The lowest BCUT2D eigenvalue weighted by Gasteiger charge is -2.35. The van der Waals surface area contributed by atoms with Crippen molar-refractivity contribution in [2.45, 2.75) is 31.5 Å². The van der Waals surface area contributed by atoms with Gasteiger partial charge in [0, 0.05) is 39.0 Å². The van der Waals surface area contributed by atoms with Crippen LogP contribution in [0, 0.1) is 11.8 Å². The third kappa shape index (κ3) is 5.37. The highest BCUT2D eigenvalue weighted by atomic mass is 19.4. The maximum absolute atomic E-state index is 12.5. The third-order valence-electron chi connectivity index (χ3n) is 5.57. The number of likely N-dealkylation sites (tertiary alicyclic amines) is 1. The average molecular weight is 415 g/mol. The number of hydrogen-bond acceptors (Lipinski definition) is 5. The molecular weight excluding hydrogens is 391 g/mol. The van der Waals surface area contributed by atoms with Gasteiger partial charge in [0.15, 0.2) is 0 Å². The molecule has 3 atom stereocenters. The van der Waals surface area contributed by atoms with Crippen molar-refractivity contribution >= 4 is 17.6 Å². The van der Waals surface area contributed by atoms with Crippen LogP contribution in [-0.4, -0.2) is 71.9 Å². The Hall–Kier alpha value is -2.36. The zero-order valence-corrected chi connectivity index (χ0v) is 15.8. The summed E-state index contributed by atoms with van der Waals surface area (Å²) in [5.41, 5.74) is 1.20. The number of pyridine rings is 1. The van der Waals surface area contributed by atoms with E-state index in [4.69, 9.17) is 14.6 Å². The first kappa shape index (κ1) is 21.4. The van der Waals surface area contributed by atoms with Gasteiger partial charge < -0.3 is 19.6 Å². The maximum Gasteiger partial charge on any atom is 0.490 e. The first-order chi connectivity index (χ1) is 13.8. The summed E-state index contributed by atoms with van der Waals surface area (Å²) in [6.07, 6.45) is 1.57. The highest BCUT2D eigenvalue weighted by molar-refractivity contribution is 5.81. The van der Waals surface area contributed by atoms with E-state index in [-0.39, 0.29) is 12.0 Å². The Balaban J connectivity index is 0.000000298. The van der Waals surface area contributed by atoms with Gasteiger partial charge in [-0.1, -0.05) is 0 Å². The lowest BCUT2D eigenvalue weighted by molar-refractivity contribution is -0.192. The number of amides is 1. The van der Waals surface area contributed by atoms with Crippen molar-refractivity contribution in [3.63, 3.8) is 0 Å². The minimum atomic E-state index is -5.08. The number of aliphatic carboxylic acids is 1. The molecule has 160 valence electrons. The van der Waals surface area contributed by atoms with Crippen LogP contribution in [0.1, 0.15) is 19.3 Å². The van der Waals surface area contributed by atoms with E-state index in [1.165, 1.54) is 5.69 Å². The standard InChI is InChI=1S/C17H23N3O2.C2HF3O2/c21-17(16-4-2-8-22-16)20-10-13-5-7-19(11-14(13)12-20)15-3-1-6-18-9-15;3-2(4,5)1(6)7/h1,3,6,9,13-14,16H,2,4-5,7-8,10-12H2;(H,6,7)/t13-,14+,16?;/m0./s1. The van der Waals surface area contributed by atoms with Gasteiger partial charge in [-0.05, 0) is 43.2 Å². The van der Waals surface area contributed by atoms with Gasteiger partial charge in [-0.25, -0.2) is 4.79 Å². The van der Waals surface area contributed by atoms with Crippen LogP contribution < -0.4 is 4.90 Å². The predicted octanol–water partition coefficient (Wildman–Crippen LogP) is 2.18. The van der Waals surface area contributed by atoms with E-state index in [2.05, 4.69) is 20.9 Å². The molecule has 0 saturated carbocycles. The summed E-state index contributed by atoms with van der Waals surface area (Å²) in [6, 6.07) is 4.11. The van der Waals surface area contributed by atoms with E-state index < -0.39 is 12.1 Å². The number of alkyl halides is 3. The molecule has 1 amide bonds. The van der Waals surface area contributed by atoms with Crippen molar-refractivity contribution in [1.29, 1.82) is 0 Å². The zero-order chi connectivity index (χ0) is 21.0. The van der Waals surface area contributed by atoms with Gasteiger partial charge in [-0.3, -0.25) is 9.78 Å². The van der Waals surface area contributed by atoms with Crippen LogP contribution in [0.25, 0.3) is 0 Å². The summed E-state index contributed by atoms with van der Waals surface area (Å²) in [7, 11) is 0. The number of halogens is 3. The van der Waals surface area contributed by atoms with Gasteiger partial charge in [0.2, 0.25) is 0 Å². The van der Waals surface area contributed by atoms with Crippen molar-refractivity contribution in [2.24, 2.45) is 11.8 Å². The molecule has 0 aromatic carbocycles. The largest absolute Gasteiger partial charge is 0.490 e. The number of anilines is 1. The number of fused-ring (bicyclic) bond motifs is 1. The van der Waals surface area contributed by atoms with Crippen molar-refractivity contribution in [1.82, 2.24) is 9.88 Å². The Morgan fingerprint density at radius 3 is 2.48 bits per heavy atom. The minimum Gasteiger partial charge on any atom is -0.475 e. The van der Waals surface area contributed by atoms with Crippen molar-refractivity contribution in [3.05, 3.63) is 24.5 Å². The summed E-state index contributed by atoms with van der Waals surface area (Å²) in [5.74, 6) is -1.30. The average Bonchev–Trinajstić information content (AvgIpc) is 3.37. The number of aromatic nitrogens is 1. The molecule has 7 nitrogen and oxygen atoms in total. The fraction of sp³-hybridized carbons (Fsp3) is 0.632. The SMILES string of the molecule is O=C(C1CCCO1)N1C[C@@H]2CCN(c3cccnc3)C[C@@H]2C1.O=C(O)C(F)(F)F. The second kappa shape index (κ2) is 8.98. The number of nitrogens with zero attached hydrogens (tertiary/aromatic N) is 3. The Morgan fingerprint density at radius 2 is 1.90 bits per heavy atom. The van der Waals surface area contributed by atoms with E-state index in [0.717, 1.165) is 52.0 Å². The quantitative estimate of drug-likeness (QED) is 0.797. The van der Waals surface area contributed by atoms with Crippen LogP contribution in [0.4, 0.5) is 18.9 Å². The number of carboxylic acids is 1. The molecular formula is C19H24F3N3O4. The van der Waals surface area contributed by atoms with E-state index in [1.54, 1.807) is 0 Å². The number of rotatable bonds is 2. The Morgan fingerprint density at radius 1 is 1.17 bits per heavy atom. The molecule has 0 bridgehead atoms. The summed E-state index contributed by atoms with van der Waals surface area (Å²) in [6.45, 7) is 4.65. The molecule has 3 aliphatic rings. The topological polar surface area (TPSA) is 83.0 Å². The number of carboxylic acid groups (broad SMARTS) is 1. The summed E-state index contributed by atoms with van der Waals surface area (Å²) in [4.78, 5) is 30.1. The maximum atomic E-state index is 12.5. The van der Waals surface area contributed by atoms with Crippen molar-refractivity contribution in [3.8, 4) is 0 Å². The van der Waals surface area contributed by atoms with E-state index in [1.807, 2.05) is 18.5 Å². The zero-order valence-electron chi connectivity index (χ0n) is 15.8.